The van der Waals surface area contributed by atoms with E-state index in [4.69, 9.17) is 9.47 Å². The lowest BCUT2D eigenvalue weighted by Crippen LogP contribution is -2.34. The molecule has 22 heavy (non-hydrogen) atoms. The lowest BCUT2D eigenvalue weighted by Gasteiger charge is -2.17. The van der Waals surface area contributed by atoms with Gasteiger partial charge in [-0.2, -0.15) is 0 Å². The second kappa shape index (κ2) is 5.94. The quantitative estimate of drug-likeness (QED) is 0.757. The average molecular weight is 309 g/mol. The van der Waals surface area contributed by atoms with Crippen LogP contribution in [0, 0.1) is 6.92 Å². The van der Waals surface area contributed by atoms with Crippen molar-refractivity contribution in [2.45, 2.75) is 32.7 Å². The normalized spacial score (nSPS) is 19.9. The van der Waals surface area contributed by atoms with Crippen LogP contribution in [-0.4, -0.2) is 41.2 Å². The monoisotopic (exact) mass is 309 g/mol. The summed E-state index contributed by atoms with van der Waals surface area (Å²) in [6, 6.07) is 2.19. The molecule has 0 spiro atoms. The van der Waals surface area contributed by atoms with Gasteiger partial charge in [-0.3, -0.25) is 9.59 Å². The first kappa shape index (κ1) is 16.3. The molecule has 1 unspecified atom stereocenters. The maximum Gasteiger partial charge on any atom is 0.261 e. The number of carbonyl (C=O) groups is 1. The molecule has 0 saturated carbocycles. The van der Waals surface area contributed by atoms with Crippen molar-refractivity contribution in [2.75, 3.05) is 13.2 Å². The summed E-state index contributed by atoms with van der Waals surface area (Å²) >= 11 is 0. The van der Waals surface area contributed by atoms with Gasteiger partial charge in [-0.1, -0.05) is 0 Å². The lowest BCUT2D eigenvalue weighted by molar-refractivity contribution is -0.137. The van der Waals surface area contributed by atoms with Crippen molar-refractivity contribution < 1.29 is 24.5 Å². The SMILES string of the molecule is Cc1cc(O)c(=O)c(O)cc1C(=O)NCC1COC(C)(C)O1. The van der Waals surface area contributed by atoms with Crippen molar-refractivity contribution in [3.05, 3.63) is 33.5 Å². The van der Waals surface area contributed by atoms with Crippen LogP contribution < -0.4 is 10.7 Å². The molecule has 1 aliphatic rings. The highest BCUT2D eigenvalue weighted by atomic mass is 16.7. The summed E-state index contributed by atoms with van der Waals surface area (Å²) in [5, 5.41) is 21.7. The van der Waals surface area contributed by atoms with Crippen molar-refractivity contribution in [1.29, 1.82) is 0 Å². The third-order valence-electron chi connectivity index (χ3n) is 3.33. The van der Waals surface area contributed by atoms with E-state index in [1.165, 1.54) is 0 Å². The number of hydrogen-bond acceptors (Lipinski definition) is 6. The number of aryl methyl sites for hydroxylation is 1. The zero-order chi connectivity index (χ0) is 16.5. The van der Waals surface area contributed by atoms with Gasteiger partial charge in [-0.25, -0.2) is 0 Å². The van der Waals surface area contributed by atoms with Crippen LogP contribution in [0.4, 0.5) is 0 Å². The number of hydrogen-bond donors (Lipinski definition) is 3. The van der Waals surface area contributed by atoms with E-state index in [0.29, 0.717) is 12.2 Å². The minimum Gasteiger partial charge on any atom is -0.504 e. The average Bonchev–Trinajstić information content (AvgIpc) is 2.75. The minimum atomic E-state index is -0.920. The second-order valence-electron chi connectivity index (χ2n) is 5.65. The Kier molecular flexibility index (Phi) is 4.39. The van der Waals surface area contributed by atoms with Crippen LogP contribution in [0.15, 0.2) is 16.9 Å². The molecule has 0 bridgehead atoms. The molecule has 3 N–H and O–H groups in total. The summed E-state index contributed by atoms with van der Waals surface area (Å²) in [6.45, 7) is 5.73. The van der Waals surface area contributed by atoms with Gasteiger partial charge in [0.1, 0.15) is 6.10 Å². The first-order valence-electron chi connectivity index (χ1n) is 6.86. The molecule has 0 radical (unpaired) electrons. The molecule has 1 saturated heterocycles. The van der Waals surface area contributed by atoms with Gasteiger partial charge in [0.25, 0.3) is 11.3 Å². The molecule has 7 nitrogen and oxygen atoms in total. The van der Waals surface area contributed by atoms with Gasteiger partial charge in [0, 0.05) is 12.1 Å². The minimum absolute atomic E-state index is 0.105. The molecule has 1 atom stereocenters. The van der Waals surface area contributed by atoms with Crippen LogP contribution in [0.5, 0.6) is 11.5 Å². The van der Waals surface area contributed by atoms with E-state index in [9.17, 15) is 19.8 Å². The summed E-state index contributed by atoms with van der Waals surface area (Å²) in [5.74, 6) is -2.44. The Bertz CT molecular complexity index is 655. The Morgan fingerprint density at radius 3 is 2.59 bits per heavy atom. The van der Waals surface area contributed by atoms with Crippen LogP contribution in [0.25, 0.3) is 0 Å². The predicted molar refractivity (Wildman–Crippen MR) is 78.0 cm³/mol. The smallest absolute Gasteiger partial charge is 0.261 e. The lowest BCUT2D eigenvalue weighted by atomic mass is 10.1. The Morgan fingerprint density at radius 2 is 2.00 bits per heavy atom. The Labute approximate surface area is 127 Å². The maximum absolute atomic E-state index is 12.2. The Hall–Kier alpha value is -2.12. The molecule has 1 aromatic rings. The van der Waals surface area contributed by atoms with Crippen molar-refractivity contribution in [3.63, 3.8) is 0 Å². The van der Waals surface area contributed by atoms with Gasteiger partial charge >= 0.3 is 0 Å². The number of ether oxygens (including phenoxy) is 2. The third kappa shape index (κ3) is 3.55. The number of aromatic hydroxyl groups is 2. The molecule has 2 rings (SSSR count). The van der Waals surface area contributed by atoms with E-state index < -0.39 is 28.6 Å². The van der Waals surface area contributed by atoms with Gasteiger partial charge in [-0.15, -0.1) is 0 Å². The fraction of sp³-hybridized carbons (Fsp3) is 0.467. The number of carbonyl (C=O) groups excluding carboxylic acids is 1. The molecule has 0 aliphatic carbocycles. The summed E-state index contributed by atoms with van der Waals surface area (Å²) in [5.41, 5.74) is -0.444. The zero-order valence-electron chi connectivity index (χ0n) is 12.7. The standard InChI is InChI=1S/C15H19NO6/c1-8-4-11(17)13(19)12(18)5-10(8)14(20)16-6-9-7-21-15(2,3)22-9/h4-5,9H,6-7H2,1-3H3,(H,16,20)(H2,17,18,19). The molecule has 1 fully saturated rings. The highest BCUT2D eigenvalue weighted by Crippen LogP contribution is 2.22. The molecule has 1 amide bonds. The van der Waals surface area contributed by atoms with Crippen LogP contribution in [0.3, 0.4) is 0 Å². The first-order valence-corrected chi connectivity index (χ1v) is 6.86. The number of amides is 1. The highest BCUT2D eigenvalue weighted by molar-refractivity contribution is 5.95. The number of rotatable bonds is 3. The third-order valence-corrected chi connectivity index (χ3v) is 3.33. The van der Waals surface area contributed by atoms with Crippen LogP contribution >= 0.6 is 0 Å². The van der Waals surface area contributed by atoms with E-state index in [1.54, 1.807) is 20.8 Å². The van der Waals surface area contributed by atoms with Gasteiger partial charge in [0.2, 0.25) is 0 Å². The maximum atomic E-state index is 12.2. The zero-order valence-corrected chi connectivity index (χ0v) is 12.7. The Balaban J connectivity index is 2.12. The topological polar surface area (TPSA) is 105 Å². The van der Waals surface area contributed by atoms with Gasteiger partial charge in [0.05, 0.1) is 6.61 Å². The van der Waals surface area contributed by atoms with Crippen LogP contribution in [-0.2, 0) is 9.47 Å². The van der Waals surface area contributed by atoms with Crippen LogP contribution in [0.1, 0.15) is 29.8 Å². The van der Waals surface area contributed by atoms with Crippen molar-refractivity contribution in [1.82, 2.24) is 5.32 Å². The molecule has 0 aromatic heterocycles. The second-order valence-corrected chi connectivity index (χ2v) is 5.65. The van der Waals surface area contributed by atoms with E-state index >= 15 is 0 Å². The highest BCUT2D eigenvalue weighted by Gasteiger charge is 2.32. The molecule has 120 valence electrons. The van der Waals surface area contributed by atoms with E-state index in [-0.39, 0.29) is 18.2 Å². The molecule has 1 heterocycles. The predicted octanol–water partition coefficient (Wildman–Crippen LogP) is 0.648. The molecule has 1 aromatic carbocycles. The van der Waals surface area contributed by atoms with Crippen molar-refractivity contribution in [3.8, 4) is 11.5 Å². The van der Waals surface area contributed by atoms with Gasteiger partial charge < -0.3 is 25.0 Å². The van der Waals surface area contributed by atoms with Crippen LogP contribution in [0.2, 0.25) is 0 Å². The van der Waals surface area contributed by atoms with Gasteiger partial charge in [-0.05, 0) is 38.5 Å². The summed E-state index contributed by atoms with van der Waals surface area (Å²) in [7, 11) is 0. The van der Waals surface area contributed by atoms with E-state index in [2.05, 4.69) is 5.32 Å². The van der Waals surface area contributed by atoms with Gasteiger partial charge in [0.15, 0.2) is 17.3 Å². The number of nitrogens with one attached hydrogen (secondary N) is 1. The summed E-state index contributed by atoms with van der Waals surface area (Å²) in [6.07, 6.45) is -0.270. The largest absolute Gasteiger partial charge is 0.504 e. The Morgan fingerprint density at radius 1 is 1.36 bits per heavy atom. The molecule has 7 heteroatoms. The first-order chi connectivity index (χ1) is 10.2. The van der Waals surface area contributed by atoms with E-state index in [0.717, 1.165) is 12.1 Å². The van der Waals surface area contributed by atoms with Crippen molar-refractivity contribution in [2.24, 2.45) is 0 Å². The fourth-order valence-electron chi connectivity index (χ4n) is 2.21. The summed E-state index contributed by atoms with van der Waals surface area (Å²) < 4.78 is 11.0. The fourth-order valence-corrected chi connectivity index (χ4v) is 2.21. The van der Waals surface area contributed by atoms with E-state index in [1.807, 2.05) is 0 Å². The molecule has 1 aliphatic heterocycles. The molecular formula is C15H19NO6. The molecular weight excluding hydrogens is 290 g/mol. The summed E-state index contributed by atoms with van der Waals surface area (Å²) in [4.78, 5) is 23.7. The van der Waals surface area contributed by atoms with Crippen molar-refractivity contribution >= 4 is 5.91 Å².